The van der Waals surface area contributed by atoms with E-state index >= 15 is 0 Å². The standard InChI is InChI=1S/2C2H6.Al.K.2H2.4H/c2*1-2;;;;;;;;/h2*1-2H3;;;2*1H;;;;/q;;;+1;;;;;;-1. The third kappa shape index (κ3) is 35.0. The molecule has 2 heteroatoms. The van der Waals surface area contributed by atoms with E-state index in [4.69, 9.17) is 0 Å². The average Bonchev–Trinajstić information content (AvgIpc) is 1.50. The summed E-state index contributed by atoms with van der Waals surface area (Å²) in [5.74, 6) is 0. The van der Waals surface area contributed by atoms with Gasteiger partial charge in [0.2, 0.25) is 0 Å². The minimum Gasteiger partial charge on any atom is -1.00 e. The zero-order valence-corrected chi connectivity index (χ0v) is 8.12. The first-order valence-corrected chi connectivity index (χ1v) is 2.00. The molecule has 0 saturated heterocycles. The molecule has 0 aliphatic carbocycles. The van der Waals surface area contributed by atoms with Crippen molar-refractivity contribution in [2.75, 3.05) is 0 Å². The van der Waals surface area contributed by atoms with Gasteiger partial charge in [-0.2, -0.15) is 0 Å². The Labute approximate surface area is 99.1 Å². The van der Waals surface area contributed by atoms with E-state index in [0.29, 0.717) is 0 Å². The maximum atomic E-state index is 2.00. The Hall–Kier alpha value is 2.17. The zero-order valence-electron chi connectivity index (χ0n) is 6.00. The van der Waals surface area contributed by atoms with E-state index in [-0.39, 0.29) is 73.0 Å². The van der Waals surface area contributed by atoms with E-state index in [1.165, 1.54) is 0 Å². The summed E-state index contributed by atoms with van der Waals surface area (Å²) in [7, 11) is 0. The van der Waals surface area contributed by atoms with Gasteiger partial charge in [0.25, 0.3) is 0 Å². The smallest absolute Gasteiger partial charge is 1.00 e. The maximum absolute atomic E-state index is 2.00. The van der Waals surface area contributed by atoms with Crippen LogP contribution in [0.5, 0.6) is 0 Å². The van der Waals surface area contributed by atoms with Crippen molar-refractivity contribution >= 4 is 17.4 Å². The predicted molar refractivity (Wildman–Crippen MR) is 38.0 cm³/mol. The van der Waals surface area contributed by atoms with Crippen molar-refractivity contribution in [1.29, 1.82) is 0 Å². The molecule has 0 spiro atoms. The van der Waals surface area contributed by atoms with Gasteiger partial charge in [0.15, 0.2) is 17.4 Å². The molecule has 0 aliphatic rings. The van der Waals surface area contributed by atoms with Crippen molar-refractivity contribution in [2.45, 2.75) is 27.7 Å². The summed E-state index contributed by atoms with van der Waals surface area (Å²) in [6.07, 6.45) is 0. The molecule has 0 radical (unpaired) electrons. The van der Waals surface area contributed by atoms with Gasteiger partial charge in [-0.1, -0.05) is 27.7 Å². The summed E-state index contributed by atoms with van der Waals surface area (Å²) in [5.41, 5.74) is 0. The predicted octanol–water partition coefficient (Wildman–Crippen LogP) is -1.52. The van der Waals surface area contributed by atoms with Gasteiger partial charge >= 0.3 is 51.4 Å². The molecule has 0 amide bonds. The molecule has 0 nitrogen and oxygen atoms in total. The van der Waals surface area contributed by atoms with Crippen molar-refractivity contribution in [3.05, 3.63) is 0 Å². The Morgan fingerprint density at radius 1 is 1.00 bits per heavy atom. The second-order valence-electron chi connectivity index (χ2n) is 0. The van der Waals surface area contributed by atoms with Gasteiger partial charge in [-0.25, -0.2) is 0 Å². The first-order valence-electron chi connectivity index (χ1n) is 2.00. The van der Waals surface area contributed by atoms with Crippen LogP contribution < -0.4 is 51.4 Å². The van der Waals surface area contributed by atoms with Crippen LogP contribution in [0.1, 0.15) is 32.0 Å². The fourth-order valence-electron chi connectivity index (χ4n) is 0. The first kappa shape index (κ1) is 24.2. The third-order valence-corrected chi connectivity index (χ3v) is 0. The Kier molecular flexibility index (Phi) is 233. The Morgan fingerprint density at radius 3 is 1.00 bits per heavy atom. The molecule has 0 aromatic rings. The fraction of sp³-hybridized carbons (Fsp3) is 1.00. The van der Waals surface area contributed by atoms with Crippen LogP contribution in [-0.2, 0) is 0 Å². The van der Waals surface area contributed by atoms with Gasteiger partial charge in [-0.05, 0) is 0 Å². The second kappa shape index (κ2) is 58.0. The van der Waals surface area contributed by atoms with Crippen LogP contribution in [-0.4, -0.2) is 17.4 Å². The van der Waals surface area contributed by atoms with E-state index in [0.717, 1.165) is 0 Å². The van der Waals surface area contributed by atoms with Crippen molar-refractivity contribution in [3.8, 4) is 0 Å². The molecule has 6 heavy (non-hydrogen) atoms. The number of hydrogen-bond acceptors (Lipinski definition) is 0. The van der Waals surface area contributed by atoms with Crippen molar-refractivity contribution < 1.29 is 55.7 Å². The van der Waals surface area contributed by atoms with Crippen LogP contribution in [0.4, 0.5) is 0 Å². The fourth-order valence-corrected chi connectivity index (χ4v) is 0. The summed E-state index contributed by atoms with van der Waals surface area (Å²) in [6, 6.07) is 0. The minimum absolute atomic E-state index is 0. The second-order valence-corrected chi connectivity index (χ2v) is 0. The van der Waals surface area contributed by atoms with Crippen molar-refractivity contribution in [3.63, 3.8) is 0 Å². The molecule has 0 aliphatic heterocycles. The minimum atomic E-state index is 0. The summed E-state index contributed by atoms with van der Waals surface area (Å²) in [6.45, 7) is 8.00. The van der Waals surface area contributed by atoms with E-state index in [2.05, 4.69) is 0 Å². The first-order chi connectivity index (χ1) is 2.00. The summed E-state index contributed by atoms with van der Waals surface area (Å²) in [5, 5.41) is 0. The van der Waals surface area contributed by atoms with Crippen LogP contribution in [0, 0.1) is 0 Å². The zero-order chi connectivity index (χ0) is 4.00. The van der Waals surface area contributed by atoms with Gasteiger partial charge in [-0.3, -0.25) is 0 Å². The monoisotopic (exact) mass is 134 g/mol. The van der Waals surface area contributed by atoms with Gasteiger partial charge < -0.3 is 1.43 Å². The van der Waals surface area contributed by atoms with Gasteiger partial charge in [-0.15, -0.1) is 0 Å². The molecule has 0 fully saturated rings. The molecule has 0 bridgehead atoms. The molecule has 0 unspecified atom stereocenters. The Bertz CT molecular complexity index is 15.8. The quantitative estimate of drug-likeness (QED) is 0.353. The normalized spacial score (nSPS) is 2.00. The van der Waals surface area contributed by atoms with Crippen LogP contribution in [0.15, 0.2) is 0 Å². The largest absolute Gasteiger partial charge is 1.00 e. The molecular weight excluding hydrogens is 114 g/mol. The van der Waals surface area contributed by atoms with Crippen molar-refractivity contribution in [1.82, 2.24) is 0 Å². The van der Waals surface area contributed by atoms with Crippen LogP contribution in [0.3, 0.4) is 0 Å². The number of hydrogen-bond donors (Lipinski definition) is 0. The molecule has 0 atom stereocenters. The third-order valence-electron chi connectivity index (χ3n) is 0. The van der Waals surface area contributed by atoms with E-state index in [1.54, 1.807) is 0 Å². The van der Waals surface area contributed by atoms with Crippen molar-refractivity contribution in [2.24, 2.45) is 0 Å². The van der Waals surface area contributed by atoms with Gasteiger partial charge in [0.05, 0.1) is 0 Å². The van der Waals surface area contributed by atoms with Crippen LogP contribution in [0.25, 0.3) is 0 Å². The van der Waals surface area contributed by atoms with Crippen LogP contribution in [0.2, 0.25) is 0 Å². The summed E-state index contributed by atoms with van der Waals surface area (Å²) >= 11 is 0. The van der Waals surface area contributed by atoms with Crippen LogP contribution >= 0.6 is 0 Å². The summed E-state index contributed by atoms with van der Waals surface area (Å²) < 4.78 is 0. The molecule has 0 heterocycles. The molecule has 0 aromatic heterocycles. The summed E-state index contributed by atoms with van der Waals surface area (Å²) in [4.78, 5) is 0. The topological polar surface area (TPSA) is 0 Å². The molecule has 0 N–H and O–H groups in total. The Balaban J connectivity index is -0.00000000114. The maximum Gasteiger partial charge on any atom is 1.00 e. The Morgan fingerprint density at radius 2 is 1.00 bits per heavy atom. The van der Waals surface area contributed by atoms with Gasteiger partial charge in [0, 0.05) is 2.85 Å². The molecule has 40 valence electrons. The number of rotatable bonds is 0. The molecule has 0 rings (SSSR count). The van der Waals surface area contributed by atoms with E-state index in [1.807, 2.05) is 27.7 Å². The van der Waals surface area contributed by atoms with Gasteiger partial charge in [0.1, 0.15) is 0 Å². The SMILES string of the molecule is CC.CC.[AlH3].[H-].[HH].[HH].[K+]. The average molecular weight is 134 g/mol. The van der Waals surface area contributed by atoms with E-state index in [9.17, 15) is 0 Å². The molecular formula is C4H20AlK. The molecule has 0 saturated carbocycles. The molecule has 0 aromatic carbocycles. The van der Waals surface area contributed by atoms with E-state index < -0.39 is 0 Å².